The van der Waals surface area contributed by atoms with Crippen molar-refractivity contribution in [2.45, 2.75) is 25.8 Å². The molecule has 0 saturated carbocycles. The maximum absolute atomic E-state index is 13.6. The van der Waals surface area contributed by atoms with Crippen LogP contribution >= 0.6 is 0 Å². The molecule has 0 atom stereocenters. The first kappa shape index (κ1) is 18.2. The summed E-state index contributed by atoms with van der Waals surface area (Å²) in [6.45, 7) is 2.43. The first-order valence-corrected chi connectivity index (χ1v) is 9.42. The quantitative estimate of drug-likeness (QED) is 0.678. The minimum atomic E-state index is -3.92. The van der Waals surface area contributed by atoms with Gasteiger partial charge in [0.25, 0.3) is 0 Å². The molecule has 0 unspecified atom stereocenters. The fraction of sp³-hybridized carbons (Fsp3) is 0.250. The molecule has 0 saturated heterocycles. The van der Waals surface area contributed by atoms with E-state index >= 15 is 0 Å². The summed E-state index contributed by atoms with van der Waals surface area (Å²) in [5.41, 5.74) is 0.483. The third kappa shape index (κ3) is 4.14. The monoisotopic (exact) mass is 382 g/mol. The van der Waals surface area contributed by atoms with Gasteiger partial charge in [-0.1, -0.05) is 5.16 Å². The number of hydrogen-bond acceptors (Lipinski definition) is 5. The highest BCUT2D eigenvalue weighted by atomic mass is 32.2. The van der Waals surface area contributed by atoms with Crippen LogP contribution in [0.4, 0.5) is 8.78 Å². The molecule has 0 fully saturated rings. The number of halogens is 2. The van der Waals surface area contributed by atoms with Gasteiger partial charge in [-0.25, -0.2) is 21.9 Å². The minimum absolute atomic E-state index is 0.0622. The number of nitrogens with zero attached hydrogens (tertiary/aromatic N) is 3. The molecule has 0 radical (unpaired) electrons. The van der Waals surface area contributed by atoms with Gasteiger partial charge >= 0.3 is 0 Å². The predicted octanol–water partition coefficient (Wildman–Crippen LogP) is 2.46. The van der Waals surface area contributed by atoms with Gasteiger partial charge in [0, 0.05) is 18.3 Å². The number of rotatable bonds is 7. The molecular formula is C16H16F2N4O3S. The zero-order chi connectivity index (χ0) is 18.7. The number of benzene rings is 1. The second-order valence-corrected chi connectivity index (χ2v) is 7.31. The Morgan fingerprint density at radius 3 is 2.85 bits per heavy atom. The van der Waals surface area contributed by atoms with Crippen molar-refractivity contribution in [2.24, 2.45) is 0 Å². The summed E-state index contributed by atoms with van der Waals surface area (Å²) in [6.07, 6.45) is 1.86. The second-order valence-electron chi connectivity index (χ2n) is 5.51. The highest BCUT2D eigenvalue weighted by Gasteiger charge is 2.18. The molecular weight excluding hydrogens is 366 g/mol. The number of sulfonamides is 1. The molecule has 10 heteroatoms. The van der Waals surface area contributed by atoms with Gasteiger partial charge in [-0.3, -0.25) is 0 Å². The van der Waals surface area contributed by atoms with E-state index in [0.29, 0.717) is 5.82 Å². The van der Waals surface area contributed by atoms with E-state index in [0.717, 1.165) is 30.4 Å². The van der Waals surface area contributed by atoms with Crippen LogP contribution in [0.25, 0.3) is 11.5 Å². The normalized spacial score (nSPS) is 11.8. The fourth-order valence-electron chi connectivity index (χ4n) is 2.40. The summed E-state index contributed by atoms with van der Waals surface area (Å²) >= 11 is 0. The Kier molecular flexibility index (Phi) is 5.14. The molecule has 138 valence electrons. The number of nitrogens with one attached hydrogen (secondary N) is 1. The smallest absolute Gasteiger partial charge is 0.242 e. The summed E-state index contributed by atoms with van der Waals surface area (Å²) in [7, 11) is -3.92. The van der Waals surface area contributed by atoms with Crippen LogP contribution in [-0.4, -0.2) is 23.1 Å². The standard InChI is InChI=1S/C16H16F2N4O3S/c1-2-22-7-3-4-14(22)16-20-15(25-21-16)9-19-26(23,24)10-11-8-12(17)5-6-13(11)18/h3-8,19H,2,9-10H2,1H3. The minimum Gasteiger partial charge on any atom is -0.345 e. The van der Waals surface area contributed by atoms with Crippen molar-refractivity contribution < 1.29 is 21.7 Å². The van der Waals surface area contributed by atoms with E-state index in [2.05, 4.69) is 14.9 Å². The van der Waals surface area contributed by atoms with Crippen molar-refractivity contribution in [1.82, 2.24) is 19.4 Å². The van der Waals surface area contributed by atoms with Crippen molar-refractivity contribution >= 4 is 10.0 Å². The summed E-state index contributed by atoms with van der Waals surface area (Å²) in [4.78, 5) is 4.14. The molecule has 7 nitrogen and oxygen atoms in total. The Bertz CT molecular complexity index is 1010. The van der Waals surface area contributed by atoms with E-state index in [-0.39, 0.29) is 18.0 Å². The van der Waals surface area contributed by atoms with Gasteiger partial charge in [0.15, 0.2) is 0 Å². The van der Waals surface area contributed by atoms with Crippen molar-refractivity contribution in [3.63, 3.8) is 0 Å². The molecule has 1 aromatic carbocycles. The lowest BCUT2D eigenvalue weighted by Gasteiger charge is -2.06. The van der Waals surface area contributed by atoms with Gasteiger partial charge in [-0.2, -0.15) is 4.98 Å². The van der Waals surface area contributed by atoms with E-state index in [9.17, 15) is 17.2 Å². The van der Waals surface area contributed by atoms with Crippen LogP contribution in [0.15, 0.2) is 41.1 Å². The fourth-order valence-corrected chi connectivity index (χ4v) is 3.48. The van der Waals surface area contributed by atoms with Gasteiger partial charge in [-0.15, -0.1) is 0 Å². The molecule has 0 spiro atoms. The highest BCUT2D eigenvalue weighted by Crippen LogP contribution is 2.17. The number of hydrogen-bond donors (Lipinski definition) is 1. The number of aryl methyl sites for hydroxylation is 1. The van der Waals surface area contributed by atoms with E-state index in [4.69, 9.17) is 4.52 Å². The molecule has 2 heterocycles. The third-order valence-corrected chi connectivity index (χ3v) is 4.94. The van der Waals surface area contributed by atoms with E-state index in [1.807, 2.05) is 29.8 Å². The Balaban J connectivity index is 1.68. The predicted molar refractivity (Wildman–Crippen MR) is 89.2 cm³/mol. The molecule has 0 aliphatic heterocycles. The largest absolute Gasteiger partial charge is 0.345 e. The Morgan fingerprint density at radius 1 is 1.27 bits per heavy atom. The lowest BCUT2D eigenvalue weighted by Crippen LogP contribution is -2.25. The van der Waals surface area contributed by atoms with Crippen LogP contribution in [-0.2, 0) is 28.9 Å². The van der Waals surface area contributed by atoms with Crippen molar-refractivity contribution in [3.8, 4) is 11.5 Å². The molecule has 26 heavy (non-hydrogen) atoms. The number of aromatic nitrogens is 3. The Morgan fingerprint density at radius 2 is 2.08 bits per heavy atom. The Labute approximate surface area is 148 Å². The molecule has 3 rings (SSSR count). The van der Waals surface area contributed by atoms with Crippen molar-refractivity contribution in [2.75, 3.05) is 0 Å². The van der Waals surface area contributed by atoms with Gasteiger partial charge < -0.3 is 9.09 Å². The summed E-state index contributed by atoms with van der Waals surface area (Å²) in [6, 6.07) is 6.30. The average Bonchev–Trinajstić information content (AvgIpc) is 3.24. The zero-order valence-electron chi connectivity index (χ0n) is 13.8. The summed E-state index contributed by atoms with van der Waals surface area (Å²) in [5, 5.41) is 3.83. The highest BCUT2D eigenvalue weighted by molar-refractivity contribution is 7.88. The summed E-state index contributed by atoms with van der Waals surface area (Å²) in [5.74, 6) is -1.81. The van der Waals surface area contributed by atoms with E-state index in [1.54, 1.807) is 0 Å². The summed E-state index contributed by atoms with van der Waals surface area (Å²) < 4.78 is 60.1. The molecule has 3 aromatic rings. The first-order valence-electron chi connectivity index (χ1n) is 7.77. The third-order valence-electron chi connectivity index (χ3n) is 3.66. The van der Waals surface area contributed by atoms with Crippen LogP contribution < -0.4 is 4.72 Å². The molecule has 2 aromatic heterocycles. The van der Waals surface area contributed by atoms with Gasteiger partial charge in [0.1, 0.15) is 11.6 Å². The molecule has 0 aliphatic carbocycles. The van der Waals surface area contributed by atoms with Crippen LogP contribution in [0.1, 0.15) is 18.4 Å². The van der Waals surface area contributed by atoms with E-state index in [1.165, 1.54) is 0 Å². The maximum atomic E-state index is 13.6. The average molecular weight is 382 g/mol. The topological polar surface area (TPSA) is 90.0 Å². The van der Waals surface area contributed by atoms with Crippen LogP contribution in [0, 0.1) is 11.6 Å². The van der Waals surface area contributed by atoms with Crippen molar-refractivity contribution in [3.05, 3.63) is 59.6 Å². The lowest BCUT2D eigenvalue weighted by atomic mass is 10.2. The van der Waals surface area contributed by atoms with E-state index < -0.39 is 27.4 Å². The second kappa shape index (κ2) is 7.34. The van der Waals surface area contributed by atoms with Crippen LogP contribution in [0.2, 0.25) is 0 Å². The Hall–Kier alpha value is -2.59. The zero-order valence-corrected chi connectivity index (χ0v) is 14.6. The SMILES string of the molecule is CCn1cccc1-c1noc(CNS(=O)(=O)Cc2cc(F)ccc2F)n1. The maximum Gasteiger partial charge on any atom is 0.242 e. The van der Waals surface area contributed by atoms with Crippen LogP contribution in [0.3, 0.4) is 0 Å². The first-order chi connectivity index (χ1) is 12.4. The van der Waals surface area contributed by atoms with Crippen molar-refractivity contribution in [1.29, 1.82) is 0 Å². The lowest BCUT2D eigenvalue weighted by molar-refractivity contribution is 0.375. The molecule has 0 aliphatic rings. The van der Waals surface area contributed by atoms with Gasteiger partial charge in [0.05, 0.1) is 18.0 Å². The van der Waals surface area contributed by atoms with Gasteiger partial charge in [0.2, 0.25) is 21.7 Å². The molecule has 0 bridgehead atoms. The van der Waals surface area contributed by atoms with Gasteiger partial charge in [-0.05, 0) is 37.3 Å². The molecule has 0 amide bonds. The van der Waals surface area contributed by atoms with Crippen LogP contribution in [0.5, 0.6) is 0 Å². The molecule has 1 N–H and O–H groups in total.